The summed E-state index contributed by atoms with van der Waals surface area (Å²) >= 11 is 0. The molecule has 0 aliphatic carbocycles. The standard InChI is InChI=1S/C15H21N5O/c1-10-5-12(16)6-13(19-10)15-8-20(3-4-21-15)7-14-11(2)17-9-18-14/h5-6,9,15H,3-4,7-8H2,1-2H3,(H2,16,19)(H,17,18)/t15-/m1/s1. The van der Waals surface area contributed by atoms with Crippen molar-refractivity contribution in [3.8, 4) is 0 Å². The second-order valence-corrected chi connectivity index (χ2v) is 5.54. The molecule has 6 heteroatoms. The van der Waals surface area contributed by atoms with E-state index in [1.807, 2.05) is 26.0 Å². The van der Waals surface area contributed by atoms with E-state index in [2.05, 4.69) is 19.9 Å². The van der Waals surface area contributed by atoms with E-state index in [-0.39, 0.29) is 6.10 Å². The molecule has 2 aromatic heterocycles. The summed E-state index contributed by atoms with van der Waals surface area (Å²) in [5.74, 6) is 0. The zero-order valence-corrected chi connectivity index (χ0v) is 12.5. The van der Waals surface area contributed by atoms with Crippen LogP contribution in [-0.2, 0) is 11.3 Å². The van der Waals surface area contributed by atoms with Crippen molar-refractivity contribution in [3.05, 3.63) is 41.2 Å². The number of nitrogens with zero attached hydrogens (tertiary/aromatic N) is 3. The lowest BCUT2D eigenvalue weighted by atomic mass is 10.1. The van der Waals surface area contributed by atoms with Gasteiger partial charge in [0.05, 0.1) is 24.3 Å². The number of aryl methyl sites for hydroxylation is 2. The van der Waals surface area contributed by atoms with E-state index in [1.165, 1.54) is 0 Å². The first-order valence-corrected chi connectivity index (χ1v) is 7.18. The molecule has 1 saturated heterocycles. The Balaban J connectivity index is 1.72. The predicted molar refractivity (Wildman–Crippen MR) is 80.7 cm³/mol. The summed E-state index contributed by atoms with van der Waals surface area (Å²) in [5, 5.41) is 0. The van der Waals surface area contributed by atoms with E-state index in [9.17, 15) is 0 Å². The van der Waals surface area contributed by atoms with Crippen LogP contribution in [0, 0.1) is 13.8 Å². The molecule has 3 rings (SSSR count). The highest BCUT2D eigenvalue weighted by Gasteiger charge is 2.24. The highest BCUT2D eigenvalue weighted by atomic mass is 16.5. The fourth-order valence-corrected chi connectivity index (χ4v) is 2.67. The maximum atomic E-state index is 5.91. The van der Waals surface area contributed by atoms with Crippen LogP contribution in [0.25, 0.3) is 0 Å². The highest BCUT2D eigenvalue weighted by molar-refractivity contribution is 5.40. The third-order valence-electron chi connectivity index (χ3n) is 3.78. The van der Waals surface area contributed by atoms with Gasteiger partial charge in [0.2, 0.25) is 0 Å². The lowest BCUT2D eigenvalue weighted by molar-refractivity contribution is -0.0353. The van der Waals surface area contributed by atoms with E-state index in [4.69, 9.17) is 10.5 Å². The van der Waals surface area contributed by atoms with Crippen molar-refractivity contribution in [2.45, 2.75) is 26.5 Å². The molecule has 0 spiro atoms. The first kappa shape index (κ1) is 14.0. The molecule has 21 heavy (non-hydrogen) atoms. The van der Waals surface area contributed by atoms with E-state index < -0.39 is 0 Å². The minimum atomic E-state index is -0.0276. The van der Waals surface area contributed by atoms with Crippen molar-refractivity contribution >= 4 is 5.69 Å². The van der Waals surface area contributed by atoms with Gasteiger partial charge in [-0.3, -0.25) is 9.88 Å². The fraction of sp³-hybridized carbons (Fsp3) is 0.467. The Morgan fingerprint density at radius 2 is 2.29 bits per heavy atom. The van der Waals surface area contributed by atoms with Crippen LogP contribution in [0.1, 0.15) is 28.9 Å². The van der Waals surface area contributed by atoms with Crippen LogP contribution in [-0.4, -0.2) is 39.5 Å². The van der Waals surface area contributed by atoms with Crippen LogP contribution in [0.2, 0.25) is 0 Å². The molecule has 0 radical (unpaired) electrons. The quantitative estimate of drug-likeness (QED) is 0.896. The number of pyridine rings is 1. The van der Waals surface area contributed by atoms with E-state index in [0.717, 1.165) is 48.1 Å². The maximum absolute atomic E-state index is 5.91. The zero-order chi connectivity index (χ0) is 14.8. The fourth-order valence-electron chi connectivity index (χ4n) is 2.67. The predicted octanol–water partition coefficient (Wildman–Crippen LogP) is 1.58. The molecule has 1 aliphatic heterocycles. The minimum Gasteiger partial charge on any atom is -0.399 e. The summed E-state index contributed by atoms with van der Waals surface area (Å²) in [6.45, 7) is 7.24. The number of morpholine rings is 1. The van der Waals surface area contributed by atoms with Gasteiger partial charge in [0.25, 0.3) is 0 Å². The molecular formula is C15H21N5O. The normalized spacial score (nSPS) is 19.8. The third kappa shape index (κ3) is 3.22. The zero-order valence-electron chi connectivity index (χ0n) is 12.5. The third-order valence-corrected chi connectivity index (χ3v) is 3.78. The summed E-state index contributed by atoms with van der Waals surface area (Å²) in [6.07, 6.45) is 1.71. The minimum absolute atomic E-state index is 0.0276. The van der Waals surface area contributed by atoms with Crippen LogP contribution in [0.15, 0.2) is 18.5 Å². The molecule has 1 aliphatic rings. The topological polar surface area (TPSA) is 80.1 Å². The first-order valence-electron chi connectivity index (χ1n) is 7.18. The van der Waals surface area contributed by atoms with E-state index >= 15 is 0 Å². The van der Waals surface area contributed by atoms with Gasteiger partial charge in [-0.05, 0) is 26.0 Å². The van der Waals surface area contributed by atoms with Gasteiger partial charge in [-0.25, -0.2) is 4.98 Å². The van der Waals surface area contributed by atoms with Gasteiger partial charge in [-0.15, -0.1) is 0 Å². The van der Waals surface area contributed by atoms with Crippen LogP contribution >= 0.6 is 0 Å². The van der Waals surface area contributed by atoms with Crippen molar-refractivity contribution in [1.29, 1.82) is 0 Å². The molecule has 3 N–H and O–H groups in total. The SMILES string of the molecule is Cc1cc(N)cc([C@H]2CN(Cc3nc[nH]c3C)CCO2)n1. The van der Waals surface area contributed by atoms with Crippen molar-refractivity contribution < 1.29 is 4.74 Å². The number of ether oxygens (including phenoxy) is 1. The Bertz CT molecular complexity index is 604. The Labute approximate surface area is 124 Å². The summed E-state index contributed by atoms with van der Waals surface area (Å²) in [4.78, 5) is 14.4. The number of nitrogens with two attached hydrogens (primary N) is 1. The van der Waals surface area contributed by atoms with E-state index in [1.54, 1.807) is 6.33 Å². The lowest BCUT2D eigenvalue weighted by Crippen LogP contribution is -2.38. The monoisotopic (exact) mass is 287 g/mol. The van der Waals surface area contributed by atoms with Crippen LogP contribution < -0.4 is 5.73 Å². The number of hydrogen-bond acceptors (Lipinski definition) is 5. The number of imidazole rings is 1. The number of nitrogens with one attached hydrogen (secondary N) is 1. The molecule has 2 aromatic rings. The number of aromatic nitrogens is 3. The van der Waals surface area contributed by atoms with Crippen molar-refractivity contribution in [1.82, 2.24) is 19.9 Å². The molecule has 112 valence electrons. The summed E-state index contributed by atoms with van der Waals surface area (Å²) in [6, 6.07) is 3.78. The van der Waals surface area contributed by atoms with Crippen molar-refractivity contribution in [2.24, 2.45) is 0 Å². The Hall–Kier alpha value is -1.92. The van der Waals surface area contributed by atoms with Crippen LogP contribution in [0.4, 0.5) is 5.69 Å². The number of anilines is 1. The van der Waals surface area contributed by atoms with Gasteiger partial charge >= 0.3 is 0 Å². The van der Waals surface area contributed by atoms with Crippen molar-refractivity contribution in [3.63, 3.8) is 0 Å². The Morgan fingerprint density at radius 1 is 1.43 bits per heavy atom. The number of aromatic amines is 1. The summed E-state index contributed by atoms with van der Waals surface area (Å²) in [5.41, 5.74) is 10.7. The number of nitrogen functional groups attached to an aromatic ring is 1. The summed E-state index contributed by atoms with van der Waals surface area (Å²) < 4.78 is 5.87. The highest BCUT2D eigenvalue weighted by Crippen LogP contribution is 2.23. The average molecular weight is 287 g/mol. The van der Waals surface area contributed by atoms with Gasteiger partial charge in [0.1, 0.15) is 6.10 Å². The van der Waals surface area contributed by atoms with E-state index in [0.29, 0.717) is 6.61 Å². The Kier molecular flexibility index (Phi) is 3.90. The second-order valence-electron chi connectivity index (χ2n) is 5.54. The lowest BCUT2D eigenvalue weighted by Gasteiger charge is -2.32. The number of H-pyrrole nitrogens is 1. The van der Waals surface area contributed by atoms with Gasteiger partial charge < -0.3 is 15.5 Å². The van der Waals surface area contributed by atoms with Crippen molar-refractivity contribution in [2.75, 3.05) is 25.4 Å². The number of rotatable bonds is 3. The average Bonchev–Trinajstić information content (AvgIpc) is 2.84. The molecule has 1 fully saturated rings. The van der Waals surface area contributed by atoms with Crippen LogP contribution in [0.3, 0.4) is 0 Å². The molecule has 0 saturated carbocycles. The molecule has 1 atom stereocenters. The smallest absolute Gasteiger partial charge is 0.112 e. The van der Waals surface area contributed by atoms with Gasteiger partial charge in [-0.2, -0.15) is 0 Å². The van der Waals surface area contributed by atoms with Crippen LogP contribution in [0.5, 0.6) is 0 Å². The maximum Gasteiger partial charge on any atom is 0.112 e. The molecule has 0 aromatic carbocycles. The Morgan fingerprint density at radius 3 is 3.00 bits per heavy atom. The molecular weight excluding hydrogens is 266 g/mol. The molecule has 0 bridgehead atoms. The molecule has 6 nitrogen and oxygen atoms in total. The largest absolute Gasteiger partial charge is 0.399 e. The molecule has 0 unspecified atom stereocenters. The second kappa shape index (κ2) is 5.83. The van der Waals surface area contributed by atoms with Gasteiger partial charge in [0, 0.05) is 36.7 Å². The molecule has 0 amide bonds. The van der Waals surface area contributed by atoms with Gasteiger partial charge in [-0.1, -0.05) is 0 Å². The van der Waals surface area contributed by atoms with Gasteiger partial charge in [0.15, 0.2) is 0 Å². The first-order chi connectivity index (χ1) is 10.1. The summed E-state index contributed by atoms with van der Waals surface area (Å²) in [7, 11) is 0. The number of hydrogen-bond donors (Lipinski definition) is 2. The molecule has 3 heterocycles.